The molecule has 2 fully saturated rings. The van der Waals surface area contributed by atoms with Crippen LogP contribution in [0.4, 0.5) is 4.39 Å². The van der Waals surface area contributed by atoms with Crippen LogP contribution in [0.5, 0.6) is 0 Å². The van der Waals surface area contributed by atoms with E-state index < -0.39 is 36.6 Å². The Kier molecular flexibility index (Phi) is 5.26. The molecule has 2 saturated heterocycles. The van der Waals surface area contributed by atoms with Crippen LogP contribution >= 0.6 is 0 Å². The average Bonchev–Trinajstić information content (AvgIpc) is 2.79. The maximum absolute atomic E-state index is 14.0. The van der Waals surface area contributed by atoms with Crippen LogP contribution in [-0.4, -0.2) is 55.4 Å². The van der Waals surface area contributed by atoms with Crippen molar-refractivity contribution in [3.63, 3.8) is 0 Å². The summed E-state index contributed by atoms with van der Waals surface area (Å²) in [6.45, 7) is 11.6. The van der Waals surface area contributed by atoms with Crippen LogP contribution in [0.2, 0.25) is 0 Å². The number of fused-ring (bicyclic) bond motifs is 1. The average molecular weight is 306 g/mol. The molecule has 0 aromatic heterocycles. The van der Waals surface area contributed by atoms with Crippen molar-refractivity contribution >= 4 is 0 Å². The van der Waals surface area contributed by atoms with Crippen molar-refractivity contribution in [3.8, 4) is 0 Å². The van der Waals surface area contributed by atoms with E-state index in [4.69, 9.17) is 23.7 Å². The molecule has 21 heavy (non-hydrogen) atoms. The van der Waals surface area contributed by atoms with Crippen LogP contribution in [0.1, 0.15) is 41.5 Å². The van der Waals surface area contributed by atoms with Crippen LogP contribution in [0.3, 0.4) is 0 Å². The normalized spacial score (nSPS) is 36.4. The monoisotopic (exact) mass is 306 g/mol. The lowest BCUT2D eigenvalue weighted by molar-refractivity contribution is -0.225. The quantitative estimate of drug-likeness (QED) is 0.754. The summed E-state index contributed by atoms with van der Waals surface area (Å²) in [5, 5.41) is 0. The van der Waals surface area contributed by atoms with Gasteiger partial charge in [-0.2, -0.15) is 0 Å². The molecule has 5 atom stereocenters. The number of ether oxygens (including phenoxy) is 5. The van der Waals surface area contributed by atoms with Gasteiger partial charge in [-0.05, 0) is 41.5 Å². The highest BCUT2D eigenvalue weighted by Crippen LogP contribution is 2.40. The van der Waals surface area contributed by atoms with Gasteiger partial charge in [0.25, 0.3) is 0 Å². The second-order valence-electron chi connectivity index (χ2n) is 6.62. The van der Waals surface area contributed by atoms with Gasteiger partial charge in [0.05, 0.1) is 18.8 Å². The molecule has 0 aliphatic carbocycles. The van der Waals surface area contributed by atoms with E-state index in [2.05, 4.69) is 0 Å². The molecule has 0 bridgehead atoms. The van der Waals surface area contributed by atoms with Crippen molar-refractivity contribution in [2.75, 3.05) is 6.61 Å². The molecule has 124 valence electrons. The van der Waals surface area contributed by atoms with E-state index >= 15 is 0 Å². The van der Waals surface area contributed by atoms with E-state index in [1.165, 1.54) is 0 Å². The van der Waals surface area contributed by atoms with Gasteiger partial charge < -0.3 is 23.7 Å². The lowest BCUT2D eigenvalue weighted by Gasteiger charge is -2.30. The summed E-state index contributed by atoms with van der Waals surface area (Å²) in [5.41, 5.74) is 0. The number of hydrogen-bond donors (Lipinski definition) is 0. The molecular weight excluding hydrogens is 279 g/mol. The fourth-order valence-corrected chi connectivity index (χ4v) is 2.73. The molecule has 0 amide bonds. The van der Waals surface area contributed by atoms with Crippen molar-refractivity contribution in [2.45, 2.75) is 90.3 Å². The van der Waals surface area contributed by atoms with Crippen LogP contribution in [0, 0.1) is 0 Å². The molecule has 2 heterocycles. The first-order valence-electron chi connectivity index (χ1n) is 7.62. The molecule has 5 nitrogen and oxygen atoms in total. The topological polar surface area (TPSA) is 46.2 Å². The highest BCUT2D eigenvalue weighted by Gasteiger charge is 2.58. The Balaban J connectivity index is 2.08. The molecule has 6 heteroatoms. The van der Waals surface area contributed by atoms with E-state index in [9.17, 15) is 4.39 Å². The fourth-order valence-electron chi connectivity index (χ4n) is 2.73. The standard InChI is InChI=1S/C15H27FO5/c1-8(2)17-7-10(18-9(3)4)11-12-13(14(16)19-11)21-15(5,6)20-12/h8-14H,7H2,1-6H3/t10-,11-,12+,13+,14+/m1/s1. The molecule has 2 rings (SSSR count). The Bertz CT molecular complexity index is 347. The van der Waals surface area contributed by atoms with Crippen LogP contribution in [-0.2, 0) is 23.7 Å². The number of alkyl halides is 1. The van der Waals surface area contributed by atoms with Gasteiger partial charge in [0, 0.05) is 0 Å². The van der Waals surface area contributed by atoms with Crippen molar-refractivity contribution in [1.29, 1.82) is 0 Å². The van der Waals surface area contributed by atoms with Crippen LogP contribution < -0.4 is 0 Å². The fraction of sp³-hybridized carbons (Fsp3) is 1.00. The largest absolute Gasteiger partial charge is 0.376 e. The van der Waals surface area contributed by atoms with Gasteiger partial charge in [0.1, 0.15) is 24.4 Å². The molecule has 0 aromatic rings. The molecule has 0 N–H and O–H groups in total. The van der Waals surface area contributed by atoms with Crippen LogP contribution in [0.25, 0.3) is 0 Å². The highest BCUT2D eigenvalue weighted by atomic mass is 19.1. The van der Waals surface area contributed by atoms with Crippen molar-refractivity contribution in [1.82, 2.24) is 0 Å². The van der Waals surface area contributed by atoms with Gasteiger partial charge >= 0.3 is 0 Å². The van der Waals surface area contributed by atoms with Crippen molar-refractivity contribution in [2.24, 2.45) is 0 Å². The zero-order chi connectivity index (χ0) is 15.8. The molecule has 0 saturated carbocycles. The SMILES string of the molecule is CC(C)OC[C@@H](OC(C)C)[C@H]1O[C@H](F)[C@H]2OC(C)(C)O[C@H]21. The van der Waals surface area contributed by atoms with Gasteiger partial charge in [0.15, 0.2) is 5.79 Å². The zero-order valence-corrected chi connectivity index (χ0v) is 13.7. The highest BCUT2D eigenvalue weighted by molar-refractivity contribution is 4.98. The van der Waals surface area contributed by atoms with Gasteiger partial charge in [-0.3, -0.25) is 0 Å². The zero-order valence-electron chi connectivity index (χ0n) is 13.7. The van der Waals surface area contributed by atoms with Crippen LogP contribution in [0.15, 0.2) is 0 Å². The third-order valence-electron chi connectivity index (χ3n) is 3.44. The van der Waals surface area contributed by atoms with Gasteiger partial charge in [-0.25, -0.2) is 4.39 Å². The summed E-state index contributed by atoms with van der Waals surface area (Å²) in [5.74, 6) is -0.803. The van der Waals surface area contributed by atoms with E-state index in [0.29, 0.717) is 6.61 Å². The van der Waals surface area contributed by atoms with E-state index in [-0.39, 0.29) is 12.2 Å². The number of halogens is 1. The first-order valence-corrected chi connectivity index (χ1v) is 7.62. The minimum absolute atomic E-state index is 0.0122. The molecular formula is C15H27FO5. The molecule has 2 aliphatic heterocycles. The predicted octanol–water partition coefficient (Wildman–Crippen LogP) is 2.42. The van der Waals surface area contributed by atoms with Crippen molar-refractivity contribution in [3.05, 3.63) is 0 Å². The Morgan fingerprint density at radius 1 is 1.05 bits per heavy atom. The molecule has 2 aliphatic rings. The Labute approximate surface area is 126 Å². The number of rotatable bonds is 6. The van der Waals surface area contributed by atoms with Gasteiger partial charge in [-0.1, -0.05) is 0 Å². The third kappa shape index (κ3) is 4.13. The maximum Gasteiger partial charge on any atom is 0.228 e. The second kappa shape index (κ2) is 6.46. The lowest BCUT2D eigenvalue weighted by Crippen LogP contribution is -2.44. The van der Waals surface area contributed by atoms with Gasteiger partial charge in [0.2, 0.25) is 6.36 Å². The van der Waals surface area contributed by atoms with E-state index in [0.717, 1.165) is 0 Å². The summed E-state index contributed by atoms with van der Waals surface area (Å²) < 4.78 is 42.3. The summed E-state index contributed by atoms with van der Waals surface area (Å²) in [6.07, 6.45) is -3.55. The van der Waals surface area contributed by atoms with Crippen molar-refractivity contribution < 1.29 is 28.1 Å². The van der Waals surface area contributed by atoms with E-state index in [1.807, 2.05) is 27.7 Å². The third-order valence-corrected chi connectivity index (χ3v) is 3.44. The predicted molar refractivity (Wildman–Crippen MR) is 74.7 cm³/mol. The minimum atomic E-state index is -1.50. The minimum Gasteiger partial charge on any atom is -0.376 e. The Morgan fingerprint density at radius 2 is 1.67 bits per heavy atom. The molecule has 0 unspecified atom stereocenters. The first kappa shape index (κ1) is 17.1. The smallest absolute Gasteiger partial charge is 0.228 e. The molecule has 0 spiro atoms. The summed E-state index contributed by atoms with van der Waals surface area (Å²) in [4.78, 5) is 0. The lowest BCUT2D eigenvalue weighted by atomic mass is 10.1. The Morgan fingerprint density at radius 3 is 2.24 bits per heavy atom. The molecule has 0 radical (unpaired) electrons. The van der Waals surface area contributed by atoms with Gasteiger partial charge in [-0.15, -0.1) is 0 Å². The second-order valence-corrected chi connectivity index (χ2v) is 6.62. The summed E-state index contributed by atoms with van der Waals surface area (Å²) in [7, 11) is 0. The summed E-state index contributed by atoms with van der Waals surface area (Å²) >= 11 is 0. The first-order chi connectivity index (χ1) is 9.69. The van der Waals surface area contributed by atoms with E-state index in [1.54, 1.807) is 13.8 Å². The summed E-state index contributed by atoms with van der Waals surface area (Å²) in [6, 6.07) is 0. The number of hydrogen-bond acceptors (Lipinski definition) is 5. The maximum atomic E-state index is 14.0. The Hall–Kier alpha value is -0.270. The molecule has 0 aromatic carbocycles.